The average Bonchev–Trinajstić information content (AvgIpc) is 2.64. The molecule has 0 aliphatic carbocycles. The van der Waals surface area contributed by atoms with Crippen molar-refractivity contribution in [2.24, 2.45) is 5.92 Å². The van der Waals surface area contributed by atoms with Crippen LogP contribution in [-0.2, 0) is 14.3 Å². The molecule has 1 aromatic rings. The molecule has 0 radical (unpaired) electrons. The molecule has 7 heteroatoms. The lowest BCUT2D eigenvalue weighted by atomic mass is 9.97. The number of ether oxygens (including phenoxy) is 2. The minimum absolute atomic E-state index is 0.144. The van der Waals surface area contributed by atoms with Crippen molar-refractivity contribution in [1.82, 2.24) is 4.90 Å². The second-order valence-electron chi connectivity index (χ2n) is 6.55. The zero-order valence-electron chi connectivity index (χ0n) is 15.8. The zero-order chi connectivity index (χ0) is 19.3. The van der Waals surface area contributed by atoms with Gasteiger partial charge in [-0.3, -0.25) is 14.5 Å². The van der Waals surface area contributed by atoms with Gasteiger partial charge in [0.05, 0.1) is 31.4 Å². The summed E-state index contributed by atoms with van der Waals surface area (Å²) in [5.74, 6) is 0.0183. The van der Waals surface area contributed by atoms with Gasteiger partial charge in [0.15, 0.2) is 0 Å². The van der Waals surface area contributed by atoms with Gasteiger partial charge in [0, 0.05) is 17.6 Å². The van der Waals surface area contributed by atoms with Gasteiger partial charge in [-0.2, -0.15) is 0 Å². The number of methoxy groups -OCH3 is 1. The van der Waals surface area contributed by atoms with E-state index in [9.17, 15) is 9.59 Å². The first kappa shape index (κ1) is 20.5. The van der Waals surface area contributed by atoms with Crippen LogP contribution in [-0.4, -0.2) is 49.6 Å². The van der Waals surface area contributed by atoms with Crippen molar-refractivity contribution < 1.29 is 19.1 Å². The summed E-state index contributed by atoms with van der Waals surface area (Å²) in [6.07, 6.45) is 1.67. The molecule has 0 aromatic heterocycles. The fraction of sp³-hybridized carbons (Fsp3) is 0.579. The van der Waals surface area contributed by atoms with Crippen LogP contribution in [0.4, 0.5) is 5.69 Å². The third-order valence-corrected chi connectivity index (χ3v) is 5.15. The van der Waals surface area contributed by atoms with Crippen LogP contribution < -0.4 is 10.1 Å². The van der Waals surface area contributed by atoms with Crippen molar-refractivity contribution in [3.8, 4) is 5.75 Å². The van der Waals surface area contributed by atoms with E-state index in [1.807, 2.05) is 18.7 Å². The number of halogens is 1. The fourth-order valence-corrected chi connectivity index (χ4v) is 3.30. The number of anilines is 1. The molecular formula is C19H27ClN2O4. The number of benzene rings is 1. The Labute approximate surface area is 159 Å². The van der Waals surface area contributed by atoms with E-state index in [1.165, 1.54) is 7.11 Å². The van der Waals surface area contributed by atoms with Crippen molar-refractivity contribution in [2.45, 2.75) is 39.7 Å². The van der Waals surface area contributed by atoms with Crippen molar-refractivity contribution in [1.29, 1.82) is 0 Å². The summed E-state index contributed by atoms with van der Waals surface area (Å²) in [7, 11) is 1.54. The molecule has 1 aliphatic rings. The number of nitrogens with one attached hydrogen (secondary N) is 1. The van der Waals surface area contributed by atoms with Crippen molar-refractivity contribution in [3.63, 3.8) is 0 Å². The van der Waals surface area contributed by atoms with Gasteiger partial charge in [0.1, 0.15) is 5.75 Å². The molecule has 1 saturated heterocycles. The highest BCUT2D eigenvalue weighted by Gasteiger charge is 2.31. The van der Waals surface area contributed by atoms with E-state index in [1.54, 1.807) is 19.1 Å². The number of likely N-dealkylation sites (tertiary alicyclic amines) is 1. The van der Waals surface area contributed by atoms with E-state index < -0.39 is 0 Å². The Kier molecular flexibility index (Phi) is 7.29. The maximum atomic E-state index is 12.7. The molecule has 1 N–H and O–H groups in total. The highest BCUT2D eigenvalue weighted by Crippen LogP contribution is 2.31. The molecule has 1 aromatic carbocycles. The number of hydrogen-bond donors (Lipinski definition) is 1. The zero-order valence-corrected chi connectivity index (χ0v) is 16.6. The van der Waals surface area contributed by atoms with Crippen LogP contribution in [0.2, 0.25) is 5.02 Å². The van der Waals surface area contributed by atoms with Crippen LogP contribution in [0.15, 0.2) is 12.1 Å². The molecule has 6 nitrogen and oxygen atoms in total. The second-order valence-corrected chi connectivity index (χ2v) is 6.96. The van der Waals surface area contributed by atoms with E-state index in [2.05, 4.69) is 5.32 Å². The molecule has 0 unspecified atom stereocenters. The number of piperidine rings is 1. The molecule has 0 saturated carbocycles. The number of aryl methyl sites for hydroxylation is 1. The fourth-order valence-electron chi connectivity index (χ4n) is 3.14. The van der Waals surface area contributed by atoms with Gasteiger partial charge in [-0.25, -0.2) is 0 Å². The Morgan fingerprint density at radius 1 is 1.42 bits per heavy atom. The van der Waals surface area contributed by atoms with Crippen molar-refractivity contribution >= 4 is 29.2 Å². The first-order valence-corrected chi connectivity index (χ1v) is 9.30. The normalized spacial score (nSPS) is 18.9. The number of carbonyl (C=O) groups excluding carboxylic acids is 2. The minimum Gasteiger partial charge on any atom is -0.495 e. The number of rotatable bonds is 6. The quantitative estimate of drug-likeness (QED) is 0.765. The molecule has 26 heavy (non-hydrogen) atoms. The molecule has 144 valence electrons. The summed E-state index contributed by atoms with van der Waals surface area (Å²) in [5, 5.41) is 3.50. The highest BCUT2D eigenvalue weighted by atomic mass is 35.5. The third-order valence-electron chi connectivity index (χ3n) is 4.74. The summed E-state index contributed by atoms with van der Waals surface area (Å²) < 4.78 is 10.4. The molecule has 2 atom stereocenters. The number of amides is 1. The summed E-state index contributed by atoms with van der Waals surface area (Å²) in [4.78, 5) is 26.7. The van der Waals surface area contributed by atoms with Crippen LogP contribution in [0.1, 0.15) is 32.3 Å². The van der Waals surface area contributed by atoms with Gasteiger partial charge < -0.3 is 14.8 Å². The van der Waals surface area contributed by atoms with Crippen LogP contribution in [0, 0.1) is 12.8 Å². The van der Waals surface area contributed by atoms with Gasteiger partial charge in [-0.15, -0.1) is 0 Å². The molecule has 2 rings (SSSR count). The Morgan fingerprint density at radius 3 is 2.81 bits per heavy atom. The summed E-state index contributed by atoms with van der Waals surface area (Å²) in [6, 6.07) is 3.12. The monoisotopic (exact) mass is 382 g/mol. The minimum atomic E-state index is -0.368. The van der Waals surface area contributed by atoms with Gasteiger partial charge in [0.25, 0.3) is 0 Å². The second kappa shape index (κ2) is 9.24. The lowest BCUT2D eigenvalue weighted by Gasteiger charge is -2.35. The standard InChI is InChI=1S/C19H27ClN2O4/c1-5-26-19(24)14-7-6-8-22(11-14)13(3)18(23)21-16-9-12(2)15(20)10-17(16)25-4/h9-10,13-14H,5-8,11H2,1-4H3,(H,21,23)/t13-,14-/m1/s1. The number of nitrogens with zero attached hydrogens (tertiary/aromatic N) is 1. The van der Waals surface area contributed by atoms with Crippen LogP contribution >= 0.6 is 11.6 Å². The molecule has 1 aliphatic heterocycles. The van der Waals surface area contributed by atoms with E-state index in [4.69, 9.17) is 21.1 Å². The molecule has 1 heterocycles. The maximum Gasteiger partial charge on any atom is 0.310 e. The Morgan fingerprint density at radius 2 is 2.15 bits per heavy atom. The van der Waals surface area contributed by atoms with Crippen molar-refractivity contribution in [3.05, 3.63) is 22.7 Å². The summed E-state index contributed by atoms with van der Waals surface area (Å²) >= 11 is 6.11. The SMILES string of the molecule is CCOC(=O)[C@@H]1CCCN([C@H](C)C(=O)Nc2cc(C)c(Cl)cc2OC)C1. The average molecular weight is 383 g/mol. The molecular weight excluding hydrogens is 356 g/mol. The molecule has 1 fully saturated rings. The van der Waals surface area contributed by atoms with Gasteiger partial charge in [-0.05, 0) is 51.8 Å². The lowest BCUT2D eigenvalue weighted by Crippen LogP contribution is -2.48. The van der Waals surface area contributed by atoms with Gasteiger partial charge in [-0.1, -0.05) is 11.6 Å². The van der Waals surface area contributed by atoms with E-state index in [0.717, 1.165) is 24.9 Å². The summed E-state index contributed by atoms with van der Waals surface area (Å²) in [5.41, 5.74) is 1.45. The van der Waals surface area contributed by atoms with Crippen LogP contribution in [0.5, 0.6) is 5.75 Å². The highest BCUT2D eigenvalue weighted by molar-refractivity contribution is 6.31. The summed E-state index contributed by atoms with van der Waals surface area (Å²) in [6.45, 7) is 7.20. The Bertz CT molecular complexity index is 665. The Hall–Kier alpha value is -1.79. The smallest absolute Gasteiger partial charge is 0.310 e. The number of carbonyl (C=O) groups is 2. The van der Waals surface area contributed by atoms with Gasteiger partial charge >= 0.3 is 5.97 Å². The van der Waals surface area contributed by atoms with Crippen LogP contribution in [0.25, 0.3) is 0 Å². The predicted molar refractivity (Wildman–Crippen MR) is 102 cm³/mol. The van der Waals surface area contributed by atoms with Crippen LogP contribution in [0.3, 0.4) is 0 Å². The van der Waals surface area contributed by atoms with E-state index in [-0.39, 0.29) is 23.8 Å². The Balaban J connectivity index is 2.05. The molecule has 0 bridgehead atoms. The lowest BCUT2D eigenvalue weighted by molar-refractivity contribution is -0.150. The number of esters is 1. The van der Waals surface area contributed by atoms with Gasteiger partial charge in [0.2, 0.25) is 5.91 Å². The van der Waals surface area contributed by atoms with E-state index >= 15 is 0 Å². The van der Waals surface area contributed by atoms with Crippen molar-refractivity contribution in [2.75, 3.05) is 32.1 Å². The molecule has 0 spiro atoms. The predicted octanol–water partition coefficient (Wildman–Crippen LogP) is 3.26. The topological polar surface area (TPSA) is 67.9 Å². The first-order valence-electron chi connectivity index (χ1n) is 8.93. The van der Waals surface area contributed by atoms with E-state index in [0.29, 0.717) is 29.6 Å². The largest absolute Gasteiger partial charge is 0.495 e. The number of hydrogen-bond acceptors (Lipinski definition) is 5. The maximum absolute atomic E-state index is 12.7. The first-order chi connectivity index (χ1) is 12.4. The third kappa shape index (κ3) is 4.89. The molecule has 1 amide bonds.